The molecule has 0 saturated heterocycles. The zero-order valence-electron chi connectivity index (χ0n) is 23.8. The Kier molecular flexibility index (Phi) is 11.9. The van der Waals surface area contributed by atoms with E-state index in [1.807, 2.05) is 34.6 Å². The number of ether oxygens (including phenoxy) is 1. The summed E-state index contributed by atoms with van der Waals surface area (Å²) in [5.74, 6) is 10.2. The van der Waals surface area contributed by atoms with Crippen LogP contribution >= 0.6 is 0 Å². The minimum Gasteiger partial charge on any atom is -0.370 e. The third kappa shape index (κ3) is 10.9. The summed E-state index contributed by atoms with van der Waals surface area (Å²) < 4.78 is 5.77. The molecular weight excluding hydrogens is 508 g/mol. The number of carbonyl (C=O) groups excluding carboxylic acids is 3. The summed E-state index contributed by atoms with van der Waals surface area (Å²) in [6, 6.07) is 11.9. The average Bonchev–Trinajstić information content (AvgIpc) is 2.89. The van der Waals surface area contributed by atoms with Crippen molar-refractivity contribution in [3.8, 4) is 23.7 Å². The van der Waals surface area contributed by atoms with Gasteiger partial charge in [-0.05, 0) is 100 Å². The molecule has 0 aliphatic heterocycles. The second-order valence-corrected chi connectivity index (χ2v) is 10.7. The molecule has 0 fully saturated rings. The van der Waals surface area contributed by atoms with Gasteiger partial charge in [-0.2, -0.15) is 0 Å². The second kappa shape index (κ2) is 14.9. The lowest BCUT2D eigenvalue weighted by Crippen LogP contribution is -2.53. The van der Waals surface area contributed by atoms with Crippen LogP contribution in [0.3, 0.4) is 0 Å². The molecule has 3 atom stereocenters. The number of rotatable bonds is 9. The SMILES string of the molecule is CC(C)C[C@H](N)C(=O)Nc1ccc(C#CC#Cc2ccc(C(=O)NC(C(=O)NO)C(C)OC(C)(C)C)cc2)cc1. The van der Waals surface area contributed by atoms with Gasteiger partial charge in [-0.25, -0.2) is 5.48 Å². The van der Waals surface area contributed by atoms with E-state index in [2.05, 4.69) is 34.3 Å². The molecule has 0 heterocycles. The van der Waals surface area contributed by atoms with Crippen molar-refractivity contribution >= 4 is 23.4 Å². The van der Waals surface area contributed by atoms with E-state index >= 15 is 0 Å². The first-order valence-electron chi connectivity index (χ1n) is 13.0. The van der Waals surface area contributed by atoms with Crippen LogP contribution in [0.1, 0.15) is 69.4 Å². The average molecular weight is 547 g/mol. The molecular formula is C31H38N4O5. The summed E-state index contributed by atoms with van der Waals surface area (Å²) in [6.45, 7) is 11.2. The number of amides is 3. The summed E-state index contributed by atoms with van der Waals surface area (Å²) in [6.07, 6.45) is -0.0806. The highest BCUT2D eigenvalue weighted by Crippen LogP contribution is 2.14. The fraction of sp³-hybridized carbons (Fsp3) is 0.387. The highest BCUT2D eigenvalue weighted by atomic mass is 16.5. The molecule has 2 unspecified atom stereocenters. The molecule has 2 aromatic rings. The van der Waals surface area contributed by atoms with E-state index in [4.69, 9.17) is 15.7 Å². The first-order chi connectivity index (χ1) is 18.8. The van der Waals surface area contributed by atoms with Gasteiger partial charge in [0.05, 0.1) is 17.7 Å². The number of benzene rings is 2. The second-order valence-electron chi connectivity index (χ2n) is 10.7. The Morgan fingerprint density at radius 3 is 1.90 bits per heavy atom. The van der Waals surface area contributed by atoms with E-state index in [0.29, 0.717) is 29.2 Å². The van der Waals surface area contributed by atoms with Crippen LogP contribution in [0.5, 0.6) is 0 Å². The Bertz CT molecular complexity index is 1290. The zero-order valence-corrected chi connectivity index (χ0v) is 23.8. The smallest absolute Gasteiger partial charge is 0.268 e. The summed E-state index contributed by atoms with van der Waals surface area (Å²) in [7, 11) is 0. The van der Waals surface area contributed by atoms with Crippen LogP contribution in [0, 0.1) is 29.6 Å². The number of anilines is 1. The van der Waals surface area contributed by atoms with Crippen molar-refractivity contribution < 1.29 is 24.3 Å². The van der Waals surface area contributed by atoms with E-state index in [9.17, 15) is 14.4 Å². The lowest BCUT2D eigenvalue weighted by molar-refractivity contribution is -0.138. The van der Waals surface area contributed by atoms with Crippen LogP contribution in [-0.2, 0) is 14.3 Å². The Hall–Kier alpha value is -4.15. The maximum Gasteiger partial charge on any atom is 0.268 e. The lowest BCUT2D eigenvalue weighted by atomic mass is 10.0. The van der Waals surface area contributed by atoms with Crippen LogP contribution in [0.4, 0.5) is 5.69 Å². The largest absolute Gasteiger partial charge is 0.370 e. The lowest BCUT2D eigenvalue weighted by Gasteiger charge is -2.30. The molecule has 3 amide bonds. The highest BCUT2D eigenvalue weighted by molar-refractivity contribution is 5.97. The Morgan fingerprint density at radius 2 is 1.43 bits per heavy atom. The Balaban J connectivity index is 1.99. The minimum absolute atomic E-state index is 0.221. The van der Waals surface area contributed by atoms with Crippen molar-refractivity contribution in [2.45, 2.75) is 71.8 Å². The van der Waals surface area contributed by atoms with Crippen LogP contribution in [0.2, 0.25) is 0 Å². The van der Waals surface area contributed by atoms with Crippen molar-refractivity contribution in [3.05, 3.63) is 65.2 Å². The molecule has 9 nitrogen and oxygen atoms in total. The van der Waals surface area contributed by atoms with Gasteiger partial charge in [0.1, 0.15) is 6.04 Å². The zero-order chi connectivity index (χ0) is 29.9. The third-order valence-electron chi connectivity index (χ3n) is 5.53. The third-order valence-corrected chi connectivity index (χ3v) is 5.53. The molecule has 0 aromatic heterocycles. The fourth-order valence-electron chi connectivity index (χ4n) is 3.71. The van der Waals surface area contributed by atoms with Crippen molar-refractivity contribution in [2.24, 2.45) is 11.7 Å². The van der Waals surface area contributed by atoms with E-state index in [1.165, 1.54) is 0 Å². The monoisotopic (exact) mass is 546 g/mol. The van der Waals surface area contributed by atoms with Crippen LogP contribution in [-0.4, -0.2) is 46.7 Å². The predicted octanol–water partition coefficient (Wildman–Crippen LogP) is 3.21. The molecule has 6 N–H and O–H groups in total. The molecule has 212 valence electrons. The summed E-state index contributed by atoms with van der Waals surface area (Å²) in [5, 5.41) is 14.5. The number of hydrogen-bond acceptors (Lipinski definition) is 6. The normalized spacial score (nSPS) is 13.0. The van der Waals surface area contributed by atoms with Gasteiger partial charge < -0.3 is 21.1 Å². The Labute approximate surface area is 236 Å². The topological polar surface area (TPSA) is 143 Å². The van der Waals surface area contributed by atoms with Crippen molar-refractivity contribution in [2.75, 3.05) is 5.32 Å². The number of nitrogens with one attached hydrogen (secondary N) is 3. The summed E-state index contributed by atoms with van der Waals surface area (Å²) in [4.78, 5) is 37.0. The van der Waals surface area contributed by atoms with Gasteiger partial charge in [0.2, 0.25) is 5.91 Å². The van der Waals surface area contributed by atoms with Gasteiger partial charge in [0.25, 0.3) is 11.8 Å². The van der Waals surface area contributed by atoms with Crippen molar-refractivity contribution in [3.63, 3.8) is 0 Å². The van der Waals surface area contributed by atoms with E-state index in [-0.39, 0.29) is 5.91 Å². The number of hydroxylamine groups is 1. The number of carbonyl (C=O) groups is 3. The van der Waals surface area contributed by atoms with Crippen molar-refractivity contribution in [1.82, 2.24) is 10.8 Å². The maximum absolute atomic E-state index is 12.7. The van der Waals surface area contributed by atoms with Gasteiger partial charge >= 0.3 is 0 Å². The molecule has 0 aliphatic carbocycles. The first-order valence-corrected chi connectivity index (χ1v) is 13.0. The number of hydrogen-bond donors (Lipinski definition) is 5. The molecule has 0 bridgehead atoms. The van der Waals surface area contributed by atoms with Crippen LogP contribution < -0.4 is 21.8 Å². The minimum atomic E-state index is -1.10. The van der Waals surface area contributed by atoms with E-state index in [1.54, 1.807) is 60.9 Å². The maximum atomic E-state index is 12.7. The first kappa shape index (κ1) is 32.1. The molecule has 0 saturated carbocycles. The fourth-order valence-corrected chi connectivity index (χ4v) is 3.71. The van der Waals surface area contributed by atoms with Crippen LogP contribution in [0.15, 0.2) is 48.5 Å². The van der Waals surface area contributed by atoms with E-state index in [0.717, 1.165) is 5.56 Å². The molecule has 0 radical (unpaired) electrons. The Morgan fingerprint density at radius 1 is 0.900 bits per heavy atom. The molecule has 9 heteroatoms. The van der Waals surface area contributed by atoms with Crippen molar-refractivity contribution in [1.29, 1.82) is 0 Å². The summed E-state index contributed by atoms with van der Waals surface area (Å²) >= 11 is 0. The van der Waals surface area contributed by atoms with Crippen LogP contribution in [0.25, 0.3) is 0 Å². The molecule has 2 aromatic carbocycles. The summed E-state index contributed by atoms with van der Waals surface area (Å²) in [5.41, 5.74) is 9.27. The van der Waals surface area contributed by atoms with Gasteiger partial charge in [0, 0.05) is 22.4 Å². The highest BCUT2D eigenvalue weighted by Gasteiger charge is 2.30. The standard InChI is InChI=1S/C31H38N4O5/c1-20(2)19-26(32)29(37)33-25-17-13-23(14-18-25)10-8-7-9-22-11-15-24(16-12-22)28(36)34-27(30(38)35-39)21(3)40-31(4,5)6/h11-18,20-21,26-27,39H,19,32H2,1-6H3,(H,33,37)(H,34,36)(H,35,38)/t21?,26-,27?/m0/s1. The molecule has 0 aliphatic rings. The van der Waals surface area contributed by atoms with Gasteiger partial charge in [-0.15, -0.1) is 0 Å². The quantitative estimate of drug-likeness (QED) is 0.186. The molecule has 0 spiro atoms. The van der Waals surface area contributed by atoms with Gasteiger partial charge in [-0.3, -0.25) is 19.6 Å². The van der Waals surface area contributed by atoms with Gasteiger partial charge in [-0.1, -0.05) is 25.7 Å². The predicted molar refractivity (Wildman–Crippen MR) is 154 cm³/mol. The van der Waals surface area contributed by atoms with E-state index < -0.39 is 35.6 Å². The molecule has 40 heavy (non-hydrogen) atoms. The molecule has 2 rings (SSSR count). The number of nitrogens with two attached hydrogens (primary N) is 1. The van der Waals surface area contributed by atoms with Gasteiger partial charge in [0.15, 0.2) is 0 Å².